The van der Waals surface area contributed by atoms with Crippen molar-refractivity contribution in [2.45, 2.75) is 71.1 Å². The van der Waals surface area contributed by atoms with E-state index in [1.165, 1.54) is 12.8 Å². The van der Waals surface area contributed by atoms with E-state index in [0.29, 0.717) is 12.0 Å². The van der Waals surface area contributed by atoms with E-state index < -0.39 is 0 Å². The zero-order valence-electron chi connectivity index (χ0n) is 13.9. The average Bonchev–Trinajstić information content (AvgIpc) is 3.08. The second kappa shape index (κ2) is 7.36. The van der Waals surface area contributed by atoms with Crippen molar-refractivity contribution in [3.05, 3.63) is 12.2 Å². The van der Waals surface area contributed by atoms with Crippen LogP contribution in [0.5, 0.6) is 0 Å². The highest BCUT2D eigenvalue weighted by molar-refractivity contribution is 5.02. The van der Waals surface area contributed by atoms with E-state index in [1.54, 1.807) is 6.33 Å². The molecule has 1 atom stereocenters. The summed E-state index contributed by atoms with van der Waals surface area (Å²) < 4.78 is 8.01. The molecule has 1 heterocycles. The Balaban J connectivity index is 2.14. The van der Waals surface area contributed by atoms with Gasteiger partial charge < -0.3 is 10.1 Å². The van der Waals surface area contributed by atoms with Gasteiger partial charge in [-0.2, -0.15) is 5.10 Å². The summed E-state index contributed by atoms with van der Waals surface area (Å²) in [7, 11) is 1.86. The van der Waals surface area contributed by atoms with Crippen LogP contribution in [0.3, 0.4) is 0 Å². The van der Waals surface area contributed by atoms with Gasteiger partial charge in [-0.1, -0.05) is 33.6 Å². The maximum absolute atomic E-state index is 5.96. The second-order valence-corrected chi connectivity index (χ2v) is 6.54. The molecule has 0 amide bonds. The molecule has 2 rings (SSSR count). The normalized spacial score (nSPS) is 19.3. The molecule has 1 N–H and O–H groups in total. The minimum Gasteiger partial charge on any atom is -0.377 e. The molecule has 5 heteroatoms. The lowest BCUT2D eigenvalue weighted by Crippen LogP contribution is -2.52. The highest BCUT2D eigenvalue weighted by Crippen LogP contribution is 2.36. The van der Waals surface area contributed by atoms with Crippen molar-refractivity contribution in [2.75, 3.05) is 13.7 Å². The molecule has 120 valence electrons. The Morgan fingerprint density at radius 2 is 2.10 bits per heavy atom. The summed E-state index contributed by atoms with van der Waals surface area (Å²) in [4.78, 5) is 4.48. The Kier molecular flexibility index (Phi) is 5.76. The molecule has 1 aliphatic rings. The Hall–Kier alpha value is -0.940. The van der Waals surface area contributed by atoms with Crippen LogP contribution in [0.25, 0.3) is 0 Å². The Bertz CT molecular complexity index is 424. The smallest absolute Gasteiger partial charge is 0.138 e. The van der Waals surface area contributed by atoms with Crippen LogP contribution in [0.1, 0.15) is 52.3 Å². The van der Waals surface area contributed by atoms with Gasteiger partial charge in [0.2, 0.25) is 0 Å². The standard InChI is InChI=1S/C16H30N4O/c1-5-17-14(16(21-4)8-6-7-9-16)10-15-18-12-19-20(15)11-13(2)3/h12-14,17H,5-11H2,1-4H3. The quantitative estimate of drug-likeness (QED) is 0.800. The first-order valence-electron chi connectivity index (χ1n) is 8.26. The molecule has 1 unspecified atom stereocenters. The van der Waals surface area contributed by atoms with Crippen LogP contribution >= 0.6 is 0 Å². The van der Waals surface area contributed by atoms with Crippen LogP contribution in [0.15, 0.2) is 6.33 Å². The van der Waals surface area contributed by atoms with Gasteiger partial charge in [0.25, 0.3) is 0 Å². The van der Waals surface area contributed by atoms with Crippen molar-refractivity contribution in [3.8, 4) is 0 Å². The number of likely N-dealkylation sites (N-methyl/N-ethyl adjacent to an activating group) is 1. The summed E-state index contributed by atoms with van der Waals surface area (Å²) in [5, 5.41) is 8.01. The molecule has 0 radical (unpaired) electrons. The minimum absolute atomic E-state index is 0.0371. The van der Waals surface area contributed by atoms with E-state index in [0.717, 1.165) is 38.2 Å². The number of hydrogen-bond acceptors (Lipinski definition) is 4. The highest BCUT2D eigenvalue weighted by atomic mass is 16.5. The predicted molar refractivity (Wildman–Crippen MR) is 84.2 cm³/mol. The third-order valence-corrected chi connectivity index (χ3v) is 4.56. The minimum atomic E-state index is -0.0371. The number of rotatable bonds is 8. The number of nitrogens with zero attached hydrogens (tertiary/aromatic N) is 3. The van der Waals surface area contributed by atoms with Gasteiger partial charge in [0.1, 0.15) is 12.2 Å². The highest BCUT2D eigenvalue weighted by Gasteiger charge is 2.41. The van der Waals surface area contributed by atoms with Crippen LogP contribution in [0.2, 0.25) is 0 Å². The zero-order chi connectivity index (χ0) is 15.3. The molecular weight excluding hydrogens is 264 g/mol. The Morgan fingerprint density at radius 3 is 2.67 bits per heavy atom. The summed E-state index contributed by atoms with van der Waals surface area (Å²) in [6.45, 7) is 8.45. The fraction of sp³-hybridized carbons (Fsp3) is 0.875. The first-order valence-corrected chi connectivity index (χ1v) is 8.26. The molecule has 5 nitrogen and oxygen atoms in total. The maximum Gasteiger partial charge on any atom is 0.138 e. The predicted octanol–water partition coefficient (Wildman–Crippen LogP) is 2.41. The van der Waals surface area contributed by atoms with E-state index in [2.05, 4.69) is 36.2 Å². The number of ether oxygens (including phenoxy) is 1. The van der Waals surface area contributed by atoms with Crippen molar-refractivity contribution in [1.82, 2.24) is 20.1 Å². The molecule has 1 aliphatic carbocycles. The lowest BCUT2D eigenvalue weighted by atomic mass is 9.89. The lowest BCUT2D eigenvalue weighted by molar-refractivity contribution is -0.0358. The molecule has 1 fully saturated rings. The van der Waals surface area contributed by atoms with Crippen molar-refractivity contribution in [3.63, 3.8) is 0 Å². The molecule has 0 aromatic carbocycles. The van der Waals surface area contributed by atoms with Crippen molar-refractivity contribution >= 4 is 0 Å². The molecule has 0 saturated heterocycles. The van der Waals surface area contributed by atoms with Gasteiger partial charge in [0.15, 0.2) is 0 Å². The van der Waals surface area contributed by atoms with Crippen molar-refractivity contribution < 1.29 is 4.74 Å². The second-order valence-electron chi connectivity index (χ2n) is 6.54. The average molecular weight is 294 g/mol. The van der Waals surface area contributed by atoms with Gasteiger partial charge in [0, 0.05) is 26.1 Å². The number of nitrogens with one attached hydrogen (secondary N) is 1. The van der Waals surface area contributed by atoms with Crippen LogP contribution in [0, 0.1) is 5.92 Å². The molecular formula is C16H30N4O. The summed E-state index contributed by atoms with van der Waals surface area (Å²) in [5.74, 6) is 1.64. The summed E-state index contributed by atoms with van der Waals surface area (Å²) in [5.41, 5.74) is -0.0371. The molecule has 0 spiro atoms. The first-order chi connectivity index (χ1) is 10.1. The molecule has 1 aromatic rings. The number of aromatic nitrogens is 3. The molecule has 21 heavy (non-hydrogen) atoms. The van der Waals surface area contributed by atoms with Crippen LogP contribution < -0.4 is 5.32 Å². The van der Waals surface area contributed by atoms with E-state index in [4.69, 9.17) is 4.74 Å². The lowest BCUT2D eigenvalue weighted by Gasteiger charge is -2.37. The van der Waals surface area contributed by atoms with E-state index in [9.17, 15) is 0 Å². The fourth-order valence-corrected chi connectivity index (χ4v) is 3.49. The van der Waals surface area contributed by atoms with Gasteiger partial charge in [0.05, 0.1) is 5.60 Å². The van der Waals surface area contributed by atoms with Crippen molar-refractivity contribution in [1.29, 1.82) is 0 Å². The van der Waals surface area contributed by atoms with Crippen molar-refractivity contribution in [2.24, 2.45) is 5.92 Å². The largest absolute Gasteiger partial charge is 0.377 e. The number of methoxy groups -OCH3 is 1. The van der Waals surface area contributed by atoms with Crippen LogP contribution in [0.4, 0.5) is 0 Å². The summed E-state index contributed by atoms with van der Waals surface area (Å²) in [6, 6.07) is 0.310. The zero-order valence-corrected chi connectivity index (χ0v) is 13.9. The summed E-state index contributed by atoms with van der Waals surface area (Å²) in [6.07, 6.45) is 7.35. The summed E-state index contributed by atoms with van der Waals surface area (Å²) >= 11 is 0. The fourth-order valence-electron chi connectivity index (χ4n) is 3.49. The Morgan fingerprint density at radius 1 is 1.38 bits per heavy atom. The maximum atomic E-state index is 5.96. The van der Waals surface area contributed by atoms with E-state index in [1.807, 2.05) is 11.8 Å². The van der Waals surface area contributed by atoms with Gasteiger partial charge in [-0.25, -0.2) is 9.67 Å². The Labute approximate surface area is 128 Å². The molecule has 0 bridgehead atoms. The molecule has 1 aromatic heterocycles. The molecule has 1 saturated carbocycles. The number of hydrogen-bond donors (Lipinski definition) is 1. The third kappa shape index (κ3) is 3.83. The first kappa shape index (κ1) is 16.4. The van der Waals surface area contributed by atoms with Gasteiger partial charge in [-0.3, -0.25) is 0 Å². The van der Waals surface area contributed by atoms with E-state index in [-0.39, 0.29) is 5.60 Å². The molecule has 0 aliphatic heterocycles. The van der Waals surface area contributed by atoms with Gasteiger partial charge >= 0.3 is 0 Å². The van der Waals surface area contributed by atoms with Crippen LogP contribution in [-0.4, -0.2) is 40.1 Å². The van der Waals surface area contributed by atoms with E-state index >= 15 is 0 Å². The van der Waals surface area contributed by atoms with Gasteiger partial charge in [-0.15, -0.1) is 0 Å². The van der Waals surface area contributed by atoms with Gasteiger partial charge in [-0.05, 0) is 25.3 Å². The topological polar surface area (TPSA) is 52.0 Å². The monoisotopic (exact) mass is 294 g/mol. The SMILES string of the molecule is CCNC(Cc1ncnn1CC(C)C)C1(OC)CCCC1. The third-order valence-electron chi connectivity index (χ3n) is 4.56. The van der Waals surface area contributed by atoms with Crippen LogP contribution in [-0.2, 0) is 17.7 Å².